The van der Waals surface area contributed by atoms with Crippen LogP contribution in [0.1, 0.15) is 32.4 Å². The molecule has 0 unspecified atom stereocenters. The molecule has 192 valence electrons. The summed E-state index contributed by atoms with van der Waals surface area (Å²) in [5.74, 6) is 0.578. The van der Waals surface area contributed by atoms with Crippen LogP contribution in [-0.4, -0.2) is 87.8 Å². The number of aliphatic hydroxyl groups is 1. The summed E-state index contributed by atoms with van der Waals surface area (Å²) in [6.45, 7) is 5.26. The number of urea groups is 1. The maximum atomic E-state index is 13.0. The number of nitrogens with one attached hydrogen (secondary N) is 1. The SMILES string of the molecule is COc1ccc(NC(=O)N(C)C[C@@H]2OCc3cnnn3CCCC(=O)N([C@H](C)CO)C[C@H]2C)cc1. The lowest BCUT2D eigenvalue weighted by molar-refractivity contribution is -0.136. The van der Waals surface area contributed by atoms with E-state index in [0.717, 1.165) is 5.69 Å². The highest BCUT2D eigenvalue weighted by atomic mass is 16.5. The maximum Gasteiger partial charge on any atom is 0.321 e. The monoisotopic (exact) mass is 488 g/mol. The molecule has 11 nitrogen and oxygen atoms in total. The van der Waals surface area contributed by atoms with Crippen molar-refractivity contribution in [2.45, 2.75) is 52.0 Å². The second-order valence-corrected chi connectivity index (χ2v) is 9.00. The van der Waals surface area contributed by atoms with Gasteiger partial charge in [-0.3, -0.25) is 4.79 Å². The molecule has 0 radical (unpaired) electrons. The van der Waals surface area contributed by atoms with E-state index in [1.165, 1.54) is 0 Å². The number of likely N-dealkylation sites (N-methyl/N-ethyl adjacent to an activating group) is 1. The Morgan fingerprint density at radius 3 is 2.80 bits per heavy atom. The van der Waals surface area contributed by atoms with Crippen molar-refractivity contribution in [3.05, 3.63) is 36.2 Å². The number of methoxy groups -OCH3 is 1. The van der Waals surface area contributed by atoms with E-state index in [1.54, 1.807) is 59.1 Å². The van der Waals surface area contributed by atoms with Crippen molar-refractivity contribution in [3.8, 4) is 5.75 Å². The van der Waals surface area contributed by atoms with Gasteiger partial charge in [-0.05, 0) is 37.6 Å². The smallest absolute Gasteiger partial charge is 0.321 e. The number of aromatic nitrogens is 3. The fraction of sp³-hybridized carbons (Fsp3) is 0.583. The zero-order valence-corrected chi connectivity index (χ0v) is 20.9. The maximum absolute atomic E-state index is 13.0. The van der Waals surface area contributed by atoms with Gasteiger partial charge in [0.05, 0.1) is 44.4 Å². The van der Waals surface area contributed by atoms with E-state index in [9.17, 15) is 14.7 Å². The molecule has 0 saturated carbocycles. The number of carbonyl (C=O) groups excluding carboxylic acids is 2. The molecule has 1 aromatic heterocycles. The molecule has 0 fully saturated rings. The van der Waals surface area contributed by atoms with Gasteiger partial charge in [0, 0.05) is 44.7 Å². The van der Waals surface area contributed by atoms with E-state index in [-0.39, 0.29) is 36.6 Å². The molecule has 1 aromatic carbocycles. The molecule has 2 N–H and O–H groups in total. The van der Waals surface area contributed by atoms with E-state index in [0.29, 0.717) is 50.5 Å². The molecule has 0 bridgehead atoms. The summed E-state index contributed by atoms with van der Waals surface area (Å²) in [6.07, 6.45) is 2.27. The minimum absolute atomic E-state index is 0.0232. The first kappa shape index (κ1) is 26.4. The van der Waals surface area contributed by atoms with Crippen LogP contribution in [-0.2, 0) is 22.7 Å². The topological polar surface area (TPSA) is 122 Å². The highest BCUT2D eigenvalue weighted by molar-refractivity contribution is 5.89. The quantitative estimate of drug-likeness (QED) is 0.637. The number of rotatable bonds is 6. The summed E-state index contributed by atoms with van der Waals surface area (Å²) in [7, 11) is 3.29. The molecule has 3 rings (SSSR count). The van der Waals surface area contributed by atoms with E-state index < -0.39 is 0 Å². The van der Waals surface area contributed by atoms with Gasteiger partial charge in [0.1, 0.15) is 5.75 Å². The minimum atomic E-state index is -0.370. The number of aryl methyl sites for hydroxylation is 1. The molecule has 1 aliphatic heterocycles. The van der Waals surface area contributed by atoms with Gasteiger partial charge in [-0.25, -0.2) is 9.48 Å². The largest absolute Gasteiger partial charge is 0.497 e. The van der Waals surface area contributed by atoms with Crippen LogP contribution in [0, 0.1) is 5.92 Å². The summed E-state index contributed by atoms with van der Waals surface area (Å²) in [5, 5.41) is 20.7. The van der Waals surface area contributed by atoms with Crippen LogP contribution in [0.5, 0.6) is 5.75 Å². The van der Waals surface area contributed by atoms with Crippen molar-refractivity contribution >= 4 is 17.6 Å². The van der Waals surface area contributed by atoms with E-state index in [4.69, 9.17) is 9.47 Å². The molecule has 11 heteroatoms. The zero-order valence-electron chi connectivity index (χ0n) is 20.9. The van der Waals surface area contributed by atoms with Crippen LogP contribution in [0.15, 0.2) is 30.5 Å². The van der Waals surface area contributed by atoms with Crippen molar-refractivity contribution in [2.24, 2.45) is 5.92 Å². The number of nitrogens with zero attached hydrogens (tertiary/aromatic N) is 5. The summed E-state index contributed by atoms with van der Waals surface area (Å²) >= 11 is 0. The van der Waals surface area contributed by atoms with Gasteiger partial charge in [-0.15, -0.1) is 5.10 Å². The van der Waals surface area contributed by atoms with Gasteiger partial charge in [0.25, 0.3) is 0 Å². The lowest BCUT2D eigenvalue weighted by atomic mass is 10.0. The average molecular weight is 489 g/mol. The number of ether oxygens (including phenoxy) is 2. The van der Waals surface area contributed by atoms with Gasteiger partial charge in [0.2, 0.25) is 5.91 Å². The number of fused-ring (bicyclic) bond motifs is 1. The zero-order chi connectivity index (χ0) is 25.4. The summed E-state index contributed by atoms with van der Waals surface area (Å²) in [4.78, 5) is 29.1. The molecule has 2 aromatic rings. The Morgan fingerprint density at radius 1 is 1.37 bits per heavy atom. The van der Waals surface area contributed by atoms with Gasteiger partial charge in [0.15, 0.2) is 0 Å². The van der Waals surface area contributed by atoms with E-state index >= 15 is 0 Å². The van der Waals surface area contributed by atoms with E-state index in [2.05, 4.69) is 15.6 Å². The molecular formula is C24H36N6O5. The molecule has 35 heavy (non-hydrogen) atoms. The third-order valence-electron chi connectivity index (χ3n) is 6.28. The van der Waals surface area contributed by atoms with Crippen LogP contribution >= 0.6 is 0 Å². The van der Waals surface area contributed by atoms with Gasteiger partial charge >= 0.3 is 6.03 Å². The first-order chi connectivity index (χ1) is 16.8. The number of carbonyl (C=O) groups is 2. The number of anilines is 1. The third kappa shape index (κ3) is 7.15. The van der Waals surface area contributed by atoms with Crippen molar-refractivity contribution in [1.29, 1.82) is 0 Å². The second kappa shape index (κ2) is 12.5. The van der Waals surface area contributed by atoms with Gasteiger partial charge in [-0.2, -0.15) is 0 Å². The van der Waals surface area contributed by atoms with Gasteiger partial charge < -0.3 is 29.7 Å². The van der Waals surface area contributed by atoms with Crippen molar-refractivity contribution in [1.82, 2.24) is 24.8 Å². The van der Waals surface area contributed by atoms with Gasteiger partial charge in [-0.1, -0.05) is 12.1 Å². The van der Waals surface area contributed by atoms with Crippen LogP contribution in [0.3, 0.4) is 0 Å². The lowest BCUT2D eigenvalue weighted by Gasteiger charge is -2.35. The molecule has 2 heterocycles. The van der Waals surface area contributed by atoms with E-state index in [1.807, 2.05) is 13.8 Å². The Bertz CT molecular complexity index is 966. The summed E-state index contributed by atoms with van der Waals surface area (Å²) < 4.78 is 13.2. The molecule has 3 amide bonds. The number of hydrogen-bond donors (Lipinski definition) is 2. The molecule has 0 saturated heterocycles. The minimum Gasteiger partial charge on any atom is -0.497 e. The first-order valence-corrected chi connectivity index (χ1v) is 11.9. The molecule has 1 aliphatic rings. The molecule has 3 atom stereocenters. The Hall–Kier alpha value is -3.18. The number of aliphatic hydroxyl groups excluding tert-OH is 1. The fourth-order valence-corrected chi connectivity index (χ4v) is 3.99. The highest BCUT2D eigenvalue weighted by Gasteiger charge is 2.29. The average Bonchev–Trinajstić information content (AvgIpc) is 3.31. The number of benzene rings is 1. The number of amides is 3. The van der Waals surface area contributed by atoms with Crippen molar-refractivity contribution in [2.75, 3.05) is 39.2 Å². The Kier molecular flexibility index (Phi) is 9.44. The van der Waals surface area contributed by atoms with Crippen LogP contribution < -0.4 is 10.1 Å². The Balaban J connectivity index is 1.74. The Morgan fingerprint density at radius 2 is 2.11 bits per heavy atom. The highest BCUT2D eigenvalue weighted by Crippen LogP contribution is 2.19. The fourth-order valence-electron chi connectivity index (χ4n) is 3.99. The predicted octanol–water partition coefficient (Wildman–Crippen LogP) is 1.98. The number of hydrogen-bond acceptors (Lipinski definition) is 7. The third-order valence-corrected chi connectivity index (χ3v) is 6.28. The van der Waals surface area contributed by atoms with Crippen LogP contribution in [0.4, 0.5) is 10.5 Å². The molecule has 0 spiro atoms. The normalized spacial score (nSPS) is 20.3. The summed E-state index contributed by atoms with van der Waals surface area (Å²) in [5.41, 5.74) is 1.47. The Labute approximate surface area is 206 Å². The first-order valence-electron chi connectivity index (χ1n) is 11.9. The predicted molar refractivity (Wildman–Crippen MR) is 130 cm³/mol. The molecular weight excluding hydrogens is 452 g/mol. The summed E-state index contributed by atoms with van der Waals surface area (Å²) in [6, 6.07) is 6.51. The van der Waals surface area contributed by atoms with Crippen LogP contribution in [0.2, 0.25) is 0 Å². The van der Waals surface area contributed by atoms with Crippen molar-refractivity contribution in [3.63, 3.8) is 0 Å². The van der Waals surface area contributed by atoms with Crippen LogP contribution in [0.25, 0.3) is 0 Å². The molecule has 0 aliphatic carbocycles. The van der Waals surface area contributed by atoms with Crippen molar-refractivity contribution < 1.29 is 24.2 Å². The standard InChI is InChI=1S/C24H36N6O5/c1-17-13-29(18(2)15-31)23(32)6-5-11-30-20(12-25-27-30)16-35-22(17)14-28(3)24(33)26-19-7-9-21(34-4)10-8-19/h7-10,12,17-18,22,31H,5-6,11,13-16H2,1-4H3,(H,26,33)/t17-,18-,22+/m1/s1. The second-order valence-electron chi connectivity index (χ2n) is 9.00. The lowest BCUT2D eigenvalue weighted by Crippen LogP contribution is -2.48.